The molecule has 1 unspecified atom stereocenters. The van der Waals surface area contributed by atoms with Gasteiger partial charge < -0.3 is 0 Å². The first-order chi connectivity index (χ1) is 7.86. The van der Waals surface area contributed by atoms with Crippen molar-refractivity contribution in [1.82, 2.24) is 4.90 Å². The number of hydrogen-bond acceptors (Lipinski definition) is 1. The molecule has 0 bridgehead atoms. The molecule has 2 rings (SSSR count). The molecular formula is C15H17N. The minimum atomic E-state index is 0.415. The fraction of sp³-hybridized carbons (Fsp3) is 0.333. The summed E-state index contributed by atoms with van der Waals surface area (Å²) in [7, 11) is 0. The third-order valence-corrected chi connectivity index (χ3v) is 3.21. The third kappa shape index (κ3) is 2.03. The highest BCUT2D eigenvalue weighted by Crippen LogP contribution is 2.31. The molecular weight excluding hydrogens is 194 g/mol. The molecule has 0 aliphatic carbocycles. The summed E-state index contributed by atoms with van der Waals surface area (Å²) in [5, 5.41) is 0. The van der Waals surface area contributed by atoms with Crippen LogP contribution in [0.3, 0.4) is 0 Å². The molecule has 1 nitrogen and oxygen atoms in total. The highest BCUT2D eigenvalue weighted by molar-refractivity contribution is 5.33. The minimum Gasteiger partial charge on any atom is -0.285 e. The number of hydrogen-bond donors (Lipinski definition) is 0. The molecule has 0 aromatic heterocycles. The van der Waals surface area contributed by atoms with Crippen LogP contribution in [0.15, 0.2) is 36.9 Å². The lowest BCUT2D eigenvalue weighted by atomic mass is 9.91. The summed E-state index contributed by atoms with van der Waals surface area (Å²) < 4.78 is 0. The molecule has 0 fully saturated rings. The van der Waals surface area contributed by atoms with Gasteiger partial charge in [0.05, 0.1) is 6.54 Å². The van der Waals surface area contributed by atoms with Crippen LogP contribution in [0.4, 0.5) is 0 Å². The molecule has 1 aliphatic heterocycles. The Morgan fingerprint density at radius 1 is 1.50 bits per heavy atom. The first-order valence-corrected chi connectivity index (χ1v) is 5.73. The van der Waals surface area contributed by atoms with Crippen LogP contribution in [0.2, 0.25) is 0 Å². The zero-order valence-electron chi connectivity index (χ0n) is 9.52. The zero-order valence-corrected chi connectivity index (χ0v) is 9.52. The van der Waals surface area contributed by atoms with Crippen molar-refractivity contribution in [2.45, 2.75) is 18.9 Å². The lowest BCUT2D eigenvalue weighted by molar-refractivity contribution is 0.210. The fourth-order valence-electron chi connectivity index (χ4n) is 2.44. The Hall–Kier alpha value is -1.52. The Balaban J connectivity index is 2.31. The highest BCUT2D eigenvalue weighted by Gasteiger charge is 2.24. The van der Waals surface area contributed by atoms with E-state index in [4.69, 9.17) is 6.42 Å². The number of fused-ring (bicyclic) bond motifs is 1. The SMILES string of the molecule is C#CCN1CCc2ccccc2C1CC=C. The van der Waals surface area contributed by atoms with Crippen molar-refractivity contribution < 1.29 is 0 Å². The van der Waals surface area contributed by atoms with Crippen molar-refractivity contribution >= 4 is 0 Å². The van der Waals surface area contributed by atoms with Gasteiger partial charge in [0, 0.05) is 12.6 Å². The second-order valence-electron chi connectivity index (χ2n) is 4.16. The van der Waals surface area contributed by atoms with Crippen molar-refractivity contribution in [1.29, 1.82) is 0 Å². The van der Waals surface area contributed by atoms with E-state index in [1.165, 1.54) is 11.1 Å². The summed E-state index contributed by atoms with van der Waals surface area (Å²) in [5.41, 5.74) is 2.88. The Morgan fingerprint density at radius 2 is 2.31 bits per heavy atom. The van der Waals surface area contributed by atoms with Gasteiger partial charge in [0.25, 0.3) is 0 Å². The highest BCUT2D eigenvalue weighted by atomic mass is 15.2. The van der Waals surface area contributed by atoms with Gasteiger partial charge in [0.15, 0.2) is 0 Å². The van der Waals surface area contributed by atoms with E-state index < -0.39 is 0 Å². The summed E-state index contributed by atoms with van der Waals surface area (Å²) in [6.45, 7) is 5.63. The van der Waals surface area contributed by atoms with Gasteiger partial charge in [0.2, 0.25) is 0 Å². The zero-order chi connectivity index (χ0) is 11.4. The summed E-state index contributed by atoms with van der Waals surface area (Å²) in [6, 6.07) is 9.07. The van der Waals surface area contributed by atoms with Crippen LogP contribution in [0, 0.1) is 12.3 Å². The normalized spacial score (nSPS) is 19.8. The van der Waals surface area contributed by atoms with E-state index in [1.807, 2.05) is 6.08 Å². The van der Waals surface area contributed by atoms with Gasteiger partial charge in [-0.1, -0.05) is 36.3 Å². The number of nitrogens with zero attached hydrogens (tertiary/aromatic N) is 1. The second kappa shape index (κ2) is 5.01. The molecule has 1 heterocycles. The lowest BCUT2D eigenvalue weighted by Crippen LogP contribution is -2.35. The van der Waals surface area contributed by atoms with Crippen molar-refractivity contribution in [3.8, 4) is 12.3 Å². The number of rotatable bonds is 3. The fourth-order valence-corrected chi connectivity index (χ4v) is 2.44. The molecule has 0 N–H and O–H groups in total. The Morgan fingerprint density at radius 3 is 3.06 bits per heavy atom. The Kier molecular flexibility index (Phi) is 3.44. The monoisotopic (exact) mass is 211 g/mol. The van der Waals surface area contributed by atoms with E-state index in [1.54, 1.807) is 0 Å². The molecule has 1 atom stereocenters. The molecule has 1 aromatic carbocycles. The van der Waals surface area contributed by atoms with Crippen molar-refractivity contribution in [2.75, 3.05) is 13.1 Å². The van der Waals surface area contributed by atoms with Gasteiger partial charge >= 0.3 is 0 Å². The Labute approximate surface area is 97.8 Å². The predicted octanol–water partition coefficient (Wildman–Crippen LogP) is 2.80. The maximum Gasteiger partial charge on any atom is 0.0604 e. The number of benzene rings is 1. The van der Waals surface area contributed by atoms with Gasteiger partial charge in [-0.15, -0.1) is 13.0 Å². The maximum atomic E-state index is 5.42. The molecule has 1 aliphatic rings. The molecule has 1 heteroatoms. The van der Waals surface area contributed by atoms with Gasteiger partial charge in [-0.25, -0.2) is 0 Å². The van der Waals surface area contributed by atoms with E-state index in [2.05, 4.69) is 41.7 Å². The molecule has 0 radical (unpaired) electrons. The van der Waals surface area contributed by atoms with Gasteiger partial charge in [-0.3, -0.25) is 4.90 Å². The quantitative estimate of drug-likeness (QED) is 0.549. The van der Waals surface area contributed by atoms with Crippen LogP contribution >= 0.6 is 0 Å². The average molecular weight is 211 g/mol. The van der Waals surface area contributed by atoms with Crippen LogP contribution in [-0.2, 0) is 6.42 Å². The van der Waals surface area contributed by atoms with E-state index in [0.29, 0.717) is 6.04 Å². The van der Waals surface area contributed by atoms with E-state index in [9.17, 15) is 0 Å². The second-order valence-corrected chi connectivity index (χ2v) is 4.16. The van der Waals surface area contributed by atoms with Gasteiger partial charge in [-0.2, -0.15) is 0 Å². The van der Waals surface area contributed by atoms with Crippen molar-refractivity contribution in [3.63, 3.8) is 0 Å². The summed E-state index contributed by atoms with van der Waals surface area (Å²) in [5.74, 6) is 2.75. The minimum absolute atomic E-state index is 0.415. The van der Waals surface area contributed by atoms with E-state index >= 15 is 0 Å². The molecule has 0 amide bonds. The Bertz CT molecular complexity index is 414. The average Bonchev–Trinajstić information content (AvgIpc) is 2.32. The van der Waals surface area contributed by atoms with Crippen molar-refractivity contribution in [2.24, 2.45) is 0 Å². The smallest absolute Gasteiger partial charge is 0.0604 e. The lowest BCUT2D eigenvalue weighted by Gasteiger charge is -2.35. The van der Waals surface area contributed by atoms with E-state index in [-0.39, 0.29) is 0 Å². The maximum absolute atomic E-state index is 5.42. The van der Waals surface area contributed by atoms with Crippen LogP contribution in [0.25, 0.3) is 0 Å². The number of terminal acetylenes is 1. The van der Waals surface area contributed by atoms with Crippen LogP contribution in [0.1, 0.15) is 23.6 Å². The standard InChI is InChI=1S/C15H17N/c1-3-7-15-14-9-6-5-8-13(14)10-12-16(15)11-4-2/h2-3,5-6,8-9,15H,1,7,10-12H2. The topological polar surface area (TPSA) is 3.24 Å². The van der Waals surface area contributed by atoms with Crippen LogP contribution < -0.4 is 0 Å². The first kappa shape index (κ1) is 11.0. The summed E-state index contributed by atoms with van der Waals surface area (Å²) in [6.07, 6.45) is 9.48. The van der Waals surface area contributed by atoms with Crippen LogP contribution in [0.5, 0.6) is 0 Å². The summed E-state index contributed by atoms with van der Waals surface area (Å²) >= 11 is 0. The largest absolute Gasteiger partial charge is 0.285 e. The molecule has 82 valence electrons. The van der Waals surface area contributed by atoms with Gasteiger partial charge in [-0.05, 0) is 24.0 Å². The molecule has 0 saturated carbocycles. The molecule has 16 heavy (non-hydrogen) atoms. The van der Waals surface area contributed by atoms with Crippen molar-refractivity contribution in [3.05, 3.63) is 48.0 Å². The van der Waals surface area contributed by atoms with Crippen LogP contribution in [-0.4, -0.2) is 18.0 Å². The predicted molar refractivity (Wildman–Crippen MR) is 68.1 cm³/mol. The summed E-state index contributed by atoms with van der Waals surface area (Å²) in [4.78, 5) is 2.37. The molecule has 1 aromatic rings. The van der Waals surface area contributed by atoms with Gasteiger partial charge in [0.1, 0.15) is 0 Å². The first-order valence-electron chi connectivity index (χ1n) is 5.73. The molecule has 0 spiro atoms. The van der Waals surface area contributed by atoms with E-state index in [0.717, 1.165) is 25.9 Å². The third-order valence-electron chi connectivity index (χ3n) is 3.21. The molecule has 0 saturated heterocycles.